The van der Waals surface area contributed by atoms with Crippen molar-refractivity contribution < 1.29 is 23.8 Å². The summed E-state index contributed by atoms with van der Waals surface area (Å²) in [7, 11) is 0. The van der Waals surface area contributed by atoms with Crippen molar-refractivity contribution in [3.8, 4) is 17.2 Å². The number of carbonyl (C=O) groups excluding carboxylic acids is 2. The average Bonchev–Trinajstić information content (AvgIpc) is 3.35. The number of nitrogens with zero attached hydrogens (tertiary/aromatic N) is 2. The number of esters is 1. The number of halogens is 2. The largest absolute Gasteiger partial charge is 0.489 e. The molecule has 0 unspecified atom stereocenters. The SMILES string of the molecule is CCOC(=O)C1=C(C)NC(=S)N[C@@H]1c1ccccc1OCC(=O)NN=Cc1cc(C)n(-c2ccc(OCc3ccc(Cl)cc3Cl)cc2)c1C. The smallest absolute Gasteiger partial charge is 0.338 e. The highest BCUT2D eigenvalue weighted by Crippen LogP contribution is 2.33. The average molecular weight is 721 g/mol. The van der Waals surface area contributed by atoms with Gasteiger partial charge in [-0.1, -0.05) is 47.5 Å². The van der Waals surface area contributed by atoms with Crippen molar-refractivity contribution in [1.29, 1.82) is 0 Å². The number of nitrogens with one attached hydrogen (secondary N) is 3. The third-order valence-electron chi connectivity index (χ3n) is 7.72. The van der Waals surface area contributed by atoms with E-state index in [9.17, 15) is 9.59 Å². The summed E-state index contributed by atoms with van der Waals surface area (Å²) in [4.78, 5) is 25.5. The van der Waals surface area contributed by atoms with Crippen molar-refractivity contribution in [2.24, 2.45) is 5.10 Å². The van der Waals surface area contributed by atoms with Crippen LogP contribution in [0.1, 0.15) is 48.0 Å². The number of allylic oxidation sites excluding steroid dienone is 1. The van der Waals surface area contributed by atoms with Gasteiger partial charge < -0.3 is 29.4 Å². The Balaban J connectivity index is 1.20. The first kappa shape index (κ1) is 35.5. The molecule has 254 valence electrons. The molecule has 0 fully saturated rings. The van der Waals surface area contributed by atoms with Gasteiger partial charge in [-0.15, -0.1) is 0 Å². The van der Waals surface area contributed by atoms with E-state index in [1.165, 1.54) is 0 Å². The second kappa shape index (κ2) is 16.0. The van der Waals surface area contributed by atoms with Gasteiger partial charge in [-0.3, -0.25) is 4.79 Å². The predicted molar refractivity (Wildman–Crippen MR) is 195 cm³/mol. The highest BCUT2D eigenvalue weighted by atomic mass is 35.5. The zero-order valence-corrected chi connectivity index (χ0v) is 29.6. The Bertz CT molecular complexity index is 1940. The Morgan fingerprint density at radius 2 is 1.78 bits per heavy atom. The molecule has 1 aliphatic heterocycles. The monoisotopic (exact) mass is 719 g/mol. The molecule has 1 amide bonds. The molecule has 4 aromatic rings. The van der Waals surface area contributed by atoms with Crippen LogP contribution in [0.25, 0.3) is 5.69 Å². The van der Waals surface area contributed by atoms with Gasteiger partial charge in [0.05, 0.1) is 24.4 Å². The Hall–Kier alpha value is -4.84. The van der Waals surface area contributed by atoms with Crippen molar-refractivity contribution in [2.45, 2.75) is 40.3 Å². The Kier molecular flexibility index (Phi) is 11.6. The van der Waals surface area contributed by atoms with Gasteiger partial charge >= 0.3 is 5.97 Å². The molecular weight excluding hydrogens is 685 g/mol. The van der Waals surface area contributed by atoms with Crippen molar-refractivity contribution in [2.75, 3.05) is 13.2 Å². The number of benzene rings is 3. The van der Waals surface area contributed by atoms with Crippen LogP contribution in [0.5, 0.6) is 11.5 Å². The number of ether oxygens (including phenoxy) is 3. The van der Waals surface area contributed by atoms with Gasteiger partial charge in [0.1, 0.15) is 18.1 Å². The molecule has 49 heavy (non-hydrogen) atoms. The van der Waals surface area contributed by atoms with Crippen LogP contribution < -0.4 is 25.5 Å². The van der Waals surface area contributed by atoms with E-state index in [-0.39, 0.29) is 13.2 Å². The van der Waals surface area contributed by atoms with Crippen molar-refractivity contribution in [3.63, 3.8) is 0 Å². The van der Waals surface area contributed by atoms with E-state index >= 15 is 0 Å². The fourth-order valence-corrected chi connectivity index (χ4v) is 6.15. The Morgan fingerprint density at radius 3 is 2.51 bits per heavy atom. The number of thiocarbonyl (C=S) groups is 1. The molecule has 1 aromatic heterocycles. The number of rotatable bonds is 12. The number of aryl methyl sites for hydroxylation is 1. The summed E-state index contributed by atoms with van der Waals surface area (Å²) in [5.41, 5.74) is 8.67. The highest BCUT2D eigenvalue weighted by molar-refractivity contribution is 7.80. The molecule has 10 nitrogen and oxygen atoms in total. The lowest BCUT2D eigenvalue weighted by atomic mass is 9.95. The number of aromatic nitrogens is 1. The summed E-state index contributed by atoms with van der Waals surface area (Å²) in [6, 6.07) is 21.5. The van der Waals surface area contributed by atoms with Gasteiger partial charge in [-0.25, -0.2) is 10.2 Å². The topological polar surface area (TPSA) is 115 Å². The van der Waals surface area contributed by atoms with Crippen molar-refractivity contribution >= 4 is 58.6 Å². The number of para-hydroxylation sites is 1. The molecule has 3 N–H and O–H groups in total. The molecule has 13 heteroatoms. The number of hydrazone groups is 1. The Labute approximate surface area is 300 Å². The zero-order chi connectivity index (χ0) is 35.1. The van der Waals surface area contributed by atoms with Gasteiger partial charge in [0, 0.05) is 49.5 Å². The van der Waals surface area contributed by atoms with E-state index in [1.807, 2.05) is 56.3 Å². The maximum atomic E-state index is 12.8. The van der Waals surface area contributed by atoms with Gasteiger partial charge in [0.15, 0.2) is 11.7 Å². The molecule has 1 atom stereocenters. The third kappa shape index (κ3) is 8.61. The summed E-state index contributed by atoms with van der Waals surface area (Å²) >= 11 is 17.6. The number of amides is 1. The first-order chi connectivity index (χ1) is 23.5. The van der Waals surface area contributed by atoms with E-state index in [0.29, 0.717) is 50.1 Å². The summed E-state index contributed by atoms with van der Waals surface area (Å²) in [5, 5.41) is 11.7. The van der Waals surface area contributed by atoms with Gasteiger partial charge in [-0.2, -0.15) is 5.10 Å². The fourth-order valence-electron chi connectivity index (χ4n) is 5.41. The zero-order valence-electron chi connectivity index (χ0n) is 27.3. The summed E-state index contributed by atoms with van der Waals surface area (Å²) in [5.74, 6) is 0.178. The van der Waals surface area contributed by atoms with E-state index in [1.54, 1.807) is 50.4 Å². The minimum absolute atomic E-state index is 0.223. The van der Waals surface area contributed by atoms with E-state index in [0.717, 1.165) is 28.2 Å². The van der Waals surface area contributed by atoms with Crippen LogP contribution in [0.4, 0.5) is 0 Å². The van der Waals surface area contributed by atoms with Crippen LogP contribution in [0, 0.1) is 13.8 Å². The number of hydrogen-bond donors (Lipinski definition) is 3. The molecule has 0 spiro atoms. The molecular formula is C36H35Cl2N5O5S. The first-order valence-electron chi connectivity index (χ1n) is 15.4. The number of hydrogen-bond acceptors (Lipinski definition) is 7. The first-order valence-corrected chi connectivity index (χ1v) is 16.6. The molecule has 0 radical (unpaired) electrons. The van der Waals surface area contributed by atoms with Crippen LogP contribution in [0.15, 0.2) is 89.2 Å². The minimum Gasteiger partial charge on any atom is -0.489 e. The van der Waals surface area contributed by atoms with Crippen LogP contribution >= 0.6 is 35.4 Å². The lowest BCUT2D eigenvalue weighted by molar-refractivity contribution is -0.139. The number of carbonyl (C=O) groups is 2. The maximum absolute atomic E-state index is 12.8. The minimum atomic E-state index is -0.627. The molecule has 5 rings (SSSR count). The highest BCUT2D eigenvalue weighted by Gasteiger charge is 2.32. The quantitative estimate of drug-likeness (QED) is 0.0630. The van der Waals surface area contributed by atoms with Crippen molar-refractivity contribution in [3.05, 3.63) is 122 Å². The fraction of sp³-hybridized carbons (Fsp3) is 0.222. The van der Waals surface area contributed by atoms with E-state index < -0.39 is 17.9 Å². The normalized spacial score (nSPS) is 14.3. The van der Waals surface area contributed by atoms with Crippen LogP contribution in [-0.4, -0.2) is 41.0 Å². The maximum Gasteiger partial charge on any atom is 0.338 e. The molecule has 0 saturated carbocycles. The predicted octanol–water partition coefficient (Wildman–Crippen LogP) is 6.86. The summed E-state index contributed by atoms with van der Waals surface area (Å²) in [6.07, 6.45) is 1.59. The molecule has 0 aliphatic carbocycles. The van der Waals surface area contributed by atoms with E-state index in [4.69, 9.17) is 49.6 Å². The van der Waals surface area contributed by atoms with Crippen LogP contribution in [0.3, 0.4) is 0 Å². The summed E-state index contributed by atoms with van der Waals surface area (Å²) < 4.78 is 19.2. The molecule has 2 heterocycles. The van der Waals surface area contributed by atoms with Crippen LogP contribution in [-0.2, 0) is 20.9 Å². The molecule has 0 saturated heterocycles. The van der Waals surface area contributed by atoms with Gasteiger partial charge in [-0.05, 0) is 88.4 Å². The van der Waals surface area contributed by atoms with Crippen molar-refractivity contribution in [1.82, 2.24) is 20.6 Å². The second-order valence-electron chi connectivity index (χ2n) is 11.1. The standard InChI is InChI=1S/C36H35Cl2N5O5S/c1-5-46-35(45)33-22(3)40-36(49)41-34(33)29-8-6-7-9-31(29)48-20-32(44)42-39-18-25-16-21(2)43(23(25)4)27-12-14-28(15-13-27)47-19-24-10-11-26(37)17-30(24)38/h6-18,34H,5,19-20H2,1-4H3,(H,42,44)(H2,40,41,49)/t34-/m1/s1. The molecule has 3 aromatic carbocycles. The van der Waals surface area contributed by atoms with Gasteiger partial charge in [0.25, 0.3) is 5.91 Å². The third-order valence-corrected chi connectivity index (χ3v) is 8.53. The van der Waals surface area contributed by atoms with Gasteiger partial charge in [0.2, 0.25) is 0 Å². The van der Waals surface area contributed by atoms with E-state index in [2.05, 4.69) is 25.7 Å². The molecule has 1 aliphatic rings. The second-order valence-corrected chi connectivity index (χ2v) is 12.3. The lowest BCUT2D eigenvalue weighted by Crippen LogP contribution is -2.45. The van der Waals surface area contributed by atoms with Crippen LogP contribution in [0.2, 0.25) is 10.0 Å². The lowest BCUT2D eigenvalue weighted by Gasteiger charge is -2.30. The Morgan fingerprint density at radius 1 is 1.02 bits per heavy atom. The molecule has 0 bridgehead atoms. The summed E-state index contributed by atoms with van der Waals surface area (Å²) in [6.45, 7) is 7.70.